The first-order chi connectivity index (χ1) is 10.5. The van der Waals surface area contributed by atoms with Gasteiger partial charge in [-0.2, -0.15) is 0 Å². The number of aryl methyl sites for hydroxylation is 3. The number of rotatable bonds is 2. The second-order valence-corrected chi connectivity index (χ2v) is 5.94. The molecule has 0 bridgehead atoms. The highest BCUT2D eigenvalue weighted by Gasteiger charge is 2.12. The molecule has 2 N–H and O–H groups in total. The normalized spacial score (nSPS) is 10.9. The molecule has 2 aromatic carbocycles. The summed E-state index contributed by atoms with van der Waals surface area (Å²) in [6.07, 6.45) is 1.89. The van der Waals surface area contributed by atoms with E-state index < -0.39 is 0 Å². The van der Waals surface area contributed by atoms with Crippen LogP contribution in [0.4, 0.5) is 5.69 Å². The fourth-order valence-corrected chi connectivity index (χ4v) is 3.06. The molecule has 0 aliphatic heterocycles. The lowest BCUT2D eigenvalue weighted by atomic mass is 9.98. The number of nitrogens with zero attached hydrogens (tertiary/aromatic N) is 3. The zero-order valence-electron chi connectivity index (χ0n) is 12.8. The molecule has 5 heteroatoms. The Morgan fingerprint density at radius 1 is 1.05 bits per heavy atom. The van der Waals surface area contributed by atoms with Crippen LogP contribution in [0.2, 0.25) is 5.02 Å². The Morgan fingerprint density at radius 2 is 1.73 bits per heavy atom. The molecule has 3 rings (SSSR count). The number of benzene rings is 2. The van der Waals surface area contributed by atoms with Crippen molar-refractivity contribution in [2.45, 2.75) is 20.8 Å². The summed E-state index contributed by atoms with van der Waals surface area (Å²) in [7, 11) is 0. The van der Waals surface area contributed by atoms with E-state index in [1.165, 1.54) is 16.7 Å². The van der Waals surface area contributed by atoms with E-state index in [2.05, 4.69) is 43.2 Å². The number of hydrogen-bond acceptors (Lipinski definition) is 3. The summed E-state index contributed by atoms with van der Waals surface area (Å²) in [6, 6.07) is 9.64. The molecule has 1 aromatic heterocycles. The Balaban J connectivity index is 2.08. The van der Waals surface area contributed by atoms with Crippen molar-refractivity contribution in [1.82, 2.24) is 15.0 Å². The Hall–Kier alpha value is -2.33. The molecule has 0 aliphatic carbocycles. The van der Waals surface area contributed by atoms with Crippen molar-refractivity contribution >= 4 is 17.3 Å². The number of hydrogen-bond donors (Lipinski definition) is 1. The summed E-state index contributed by atoms with van der Waals surface area (Å²) < 4.78 is 1.68. The second-order valence-electron chi connectivity index (χ2n) is 5.53. The number of nitrogens with two attached hydrogens (primary N) is 1. The second kappa shape index (κ2) is 5.46. The summed E-state index contributed by atoms with van der Waals surface area (Å²) >= 11 is 6.23. The maximum Gasteiger partial charge on any atom is 0.114 e. The van der Waals surface area contributed by atoms with Crippen molar-refractivity contribution in [3.8, 4) is 16.9 Å². The number of anilines is 1. The van der Waals surface area contributed by atoms with Crippen LogP contribution in [-0.4, -0.2) is 15.0 Å². The van der Waals surface area contributed by atoms with Gasteiger partial charge >= 0.3 is 0 Å². The van der Waals surface area contributed by atoms with Gasteiger partial charge in [0.1, 0.15) is 5.69 Å². The zero-order chi connectivity index (χ0) is 15.9. The molecule has 112 valence electrons. The summed E-state index contributed by atoms with van der Waals surface area (Å²) in [5, 5.41) is 9.05. The highest BCUT2D eigenvalue weighted by Crippen LogP contribution is 2.28. The van der Waals surface area contributed by atoms with Gasteiger partial charge in [0.05, 0.1) is 16.9 Å². The van der Waals surface area contributed by atoms with Crippen LogP contribution in [0.25, 0.3) is 16.9 Å². The van der Waals surface area contributed by atoms with Gasteiger partial charge in [-0.05, 0) is 50.1 Å². The first-order valence-corrected chi connectivity index (χ1v) is 7.39. The van der Waals surface area contributed by atoms with Gasteiger partial charge in [-0.3, -0.25) is 0 Å². The monoisotopic (exact) mass is 312 g/mol. The van der Waals surface area contributed by atoms with Crippen molar-refractivity contribution in [3.05, 3.63) is 58.2 Å². The van der Waals surface area contributed by atoms with Gasteiger partial charge < -0.3 is 5.73 Å². The molecule has 1 heterocycles. The van der Waals surface area contributed by atoms with E-state index in [1.807, 2.05) is 12.3 Å². The van der Waals surface area contributed by atoms with E-state index in [0.717, 1.165) is 16.9 Å². The van der Waals surface area contributed by atoms with Crippen LogP contribution in [-0.2, 0) is 0 Å². The molecule has 3 aromatic rings. The van der Waals surface area contributed by atoms with Crippen molar-refractivity contribution in [2.75, 3.05) is 5.73 Å². The molecule has 0 atom stereocenters. The minimum absolute atomic E-state index is 0.550. The lowest BCUT2D eigenvalue weighted by molar-refractivity contribution is 0.804. The van der Waals surface area contributed by atoms with Gasteiger partial charge in [-0.15, -0.1) is 5.10 Å². The third-order valence-electron chi connectivity index (χ3n) is 3.65. The highest BCUT2D eigenvalue weighted by molar-refractivity contribution is 6.32. The van der Waals surface area contributed by atoms with E-state index in [1.54, 1.807) is 16.8 Å². The maximum absolute atomic E-state index is 6.23. The topological polar surface area (TPSA) is 56.7 Å². The Bertz CT molecular complexity index is 829. The standard InChI is InChI=1S/C17H17ClN4/c1-10-6-11(2)17(12(3)7-10)15-9-22(21-20-15)16-5-4-13(19)8-14(16)18/h4-9H,19H2,1-3H3. The molecular weight excluding hydrogens is 296 g/mol. The molecule has 0 aliphatic rings. The van der Waals surface area contributed by atoms with Crippen LogP contribution in [0.5, 0.6) is 0 Å². The van der Waals surface area contributed by atoms with Crippen molar-refractivity contribution in [1.29, 1.82) is 0 Å². The van der Waals surface area contributed by atoms with E-state index in [0.29, 0.717) is 10.7 Å². The Morgan fingerprint density at radius 3 is 2.36 bits per heavy atom. The third kappa shape index (κ3) is 2.57. The lowest BCUT2D eigenvalue weighted by Crippen LogP contribution is -1.96. The van der Waals surface area contributed by atoms with E-state index in [9.17, 15) is 0 Å². The van der Waals surface area contributed by atoms with Gasteiger partial charge in [0, 0.05) is 11.3 Å². The summed E-state index contributed by atoms with van der Waals surface area (Å²) in [5.41, 5.74) is 12.7. The van der Waals surface area contributed by atoms with Crippen LogP contribution in [0.1, 0.15) is 16.7 Å². The molecular formula is C17H17ClN4. The molecule has 0 saturated heterocycles. The quantitative estimate of drug-likeness (QED) is 0.725. The largest absolute Gasteiger partial charge is 0.399 e. The highest BCUT2D eigenvalue weighted by atomic mass is 35.5. The van der Waals surface area contributed by atoms with Crippen LogP contribution < -0.4 is 5.73 Å². The lowest BCUT2D eigenvalue weighted by Gasteiger charge is -2.08. The summed E-state index contributed by atoms with van der Waals surface area (Å²) in [4.78, 5) is 0. The number of halogens is 1. The molecule has 0 amide bonds. The van der Waals surface area contributed by atoms with Gasteiger partial charge in [-0.1, -0.05) is 34.5 Å². The zero-order valence-corrected chi connectivity index (χ0v) is 13.5. The third-order valence-corrected chi connectivity index (χ3v) is 3.95. The molecule has 0 fully saturated rings. The van der Waals surface area contributed by atoms with E-state index >= 15 is 0 Å². The molecule has 0 unspecified atom stereocenters. The maximum atomic E-state index is 6.23. The first kappa shape index (κ1) is 14.6. The van der Waals surface area contributed by atoms with Crippen LogP contribution in [0, 0.1) is 20.8 Å². The molecule has 22 heavy (non-hydrogen) atoms. The minimum Gasteiger partial charge on any atom is -0.399 e. The van der Waals surface area contributed by atoms with Crippen LogP contribution in [0.15, 0.2) is 36.5 Å². The van der Waals surface area contributed by atoms with Crippen molar-refractivity contribution in [2.24, 2.45) is 0 Å². The fourth-order valence-electron chi connectivity index (χ4n) is 2.79. The summed E-state index contributed by atoms with van der Waals surface area (Å²) in [6.45, 7) is 6.27. The molecule has 0 saturated carbocycles. The van der Waals surface area contributed by atoms with Gasteiger partial charge in [0.25, 0.3) is 0 Å². The first-order valence-electron chi connectivity index (χ1n) is 7.01. The summed E-state index contributed by atoms with van der Waals surface area (Å²) in [5.74, 6) is 0. The Kier molecular flexibility index (Phi) is 3.62. The van der Waals surface area contributed by atoms with Gasteiger partial charge in [-0.25, -0.2) is 4.68 Å². The average molecular weight is 313 g/mol. The van der Waals surface area contributed by atoms with E-state index in [-0.39, 0.29) is 0 Å². The van der Waals surface area contributed by atoms with E-state index in [4.69, 9.17) is 17.3 Å². The minimum atomic E-state index is 0.550. The molecule has 4 nitrogen and oxygen atoms in total. The predicted octanol–water partition coefficient (Wildman–Crippen LogP) is 4.10. The van der Waals surface area contributed by atoms with Crippen molar-refractivity contribution in [3.63, 3.8) is 0 Å². The average Bonchev–Trinajstić information content (AvgIpc) is 2.86. The van der Waals surface area contributed by atoms with Gasteiger partial charge in [0.2, 0.25) is 0 Å². The van der Waals surface area contributed by atoms with Crippen LogP contribution >= 0.6 is 11.6 Å². The number of aromatic nitrogens is 3. The smallest absolute Gasteiger partial charge is 0.114 e. The Labute approximate surface area is 134 Å². The fraction of sp³-hybridized carbons (Fsp3) is 0.176. The molecule has 0 spiro atoms. The van der Waals surface area contributed by atoms with Gasteiger partial charge in [0.15, 0.2) is 0 Å². The van der Waals surface area contributed by atoms with Crippen LogP contribution in [0.3, 0.4) is 0 Å². The van der Waals surface area contributed by atoms with Crippen molar-refractivity contribution < 1.29 is 0 Å². The number of nitrogen functional groups attached to an aromatic ring is 1. The predicted molar refractivity (Wildman–Crippen MR) is 90.4 cm³/mol. The molecule has 0 radical (unpaired) electrons. The SMILES string of the molecule is Cc1cc(C)c(-c2cn(-c3ccc(N)cc3Cl)nn2)c(C)c1.